The molecule has 0 N–H and O–H groups in total. The van der Waals surface area contributed by atoms with Crippen molar-refractivity contribution >= 4 is 17.5 Å². The van der Waals surface area contributed by atoms with E-state index < -0.39 is 11.7 Å². The molecule has 0 aliphatic carbocycles. The van der Waals surface area contributed by atoms with Crippen LogP contribution in [0.3, 0.4) is 0 Å². The fraction of sp³-hybridized carbons (Fsp3) is 0.417. The molecule has 0 unspecified atom stereocenters. The van der Waals surface area contributed by atoms with Crippen LogP contribution in [-0.4, -0.2) is 16.8 Å². The maximum absolute atomic E-state index is 12.3. The average Bonchev–Trinajstić information content (AvgIpc) is 2.25. The number of alkyl halides is 3. The fourth-order valence-corrected chi connectivity index (χ4v) is 1.82. The van der Waals surface area contributed by atoms with Crippen molar-refractivity contribution in [3.63, 3.8) is 0 Å². The molecule has 0 heterocycles. The first-order chi connectivity index (χ1) is 7.80. The second-order valence-electron chi connectivity index (χ2n) is 3.86. The third-order valence-corrected chi connectivity index (χ3v) is 3.18. The van der Waals surface area contributed by atoms with E-state index in [9.17, 15) is 18.0 Å². The Bertz CT molecular complexity index is 382. The van der Waals surface area contributed by atoms with Crippen LogP contribution in [0.4, 0.5) is 13.2 Å². The lowest BCUT2D eigenvalue weighted by molar-refractivity contribution is -0.137. The topological polar surface area (TPSA) is 17.1 Å². The van der Waals surface area contributed by atoms with Crippen LogP contribution in [0.25, 0.3) is 0 Å². The van der Waals surface area contributed by atoms with Gasteiger partial charge in [0.1, 0.15) is 0 Å². The second-order valence-corrected chi connectivity index (χ2v) is 5.42. The first-order valence-corrected chi connectivity index (χ1v) is 6.17. The van der Waals surface area contributed by atoms with Gasteiger partial charge in [-0.05, 0) is 17.4 Å². The highest BCUT2D eigenvalue weighted by Crippen LogP contribution is 2.29. The first-order valence-electron chi connectivity index (χ1n) is 5.13. The summed E-state index contributed by atoms with van der Waals surface area (Å²) in [6.45, 7) is 3.93. The normalized spacial score (nSPS) is 11.9. The van der Waals surface area contributed by atoms with Crippen molar-refractivity contribution in [3.8, 4) is 0 Å². The molecule has 1 aromatic rings. The van der Waals surface area contributed by atoms with Crippen LogP contribution in [0.2, 0.25) is 0 Å². The summed E-state index contributed by atoms with van der Waals surface area (Å²) in [6, 6.07) is 4.33. The number of benzene rings is 1. The SMILES string of the molecule is CC(C)SCC(=O)c1ccc(C(F)(F)F)cc1. The summed E-state index contributed by atoms with van der Waals surface area (Å²) >= 11 is 1.47. The maximum atomic E-state index is 12.3. The molecular formula is C12H13F3OS. The molecule has 0 bridgehead atoms. The highest BCUT2D eigenvalue weighted by atomic mass is 32.2. The number of Topliss-reactive ketones (excluding diaryl/α,β-unsaturated/α-hetero) is 1. The van der Waals surface area contributed by atoms with Gasteiger partial charge in [0.25, 0.3) is 0 Å². The van der Waals surface area contributed by atoms with E-state index in [0.717, 1.165) is 12.1 Å². The molecule has 1 nitrogen and oxygen atoms in total. The van der Waals surface area contributed by atoms with Crippen molar-refractivity contribution in [2.45, 2.75) is 25.3 Å². The number of ketones is 1. The van der Waals surface area contributed by atoms with Crippen LogP contribution in [0.1, 0.15) is 29.8 Å². The van der Waals surface area contributed by atoms with Crippen molar-refractivity contribution in [1.29, 1.82) is 0 Å². The molecule has 0 atom stereocenters. The number of carbonyl (C=O) groups excluding carboxylic acids is 1. The van der Waals surface area contributed by atoms with Gasteiger partial charge >= 0.3 is 6.18 Å². The lowest BCUT2D eigenvalue weighted by Gasteiger charge is -2.07. The van der Waals surface area contributed by atoms with Crippen molar-refractivity contribution in [3.05, 3.63) is 35.4 Å². The minimum absolute atomic E-state index is 0.141. The molecule has 0 radical (unpaired) electrons. The van der Waals surface area contributed by atoms with E-state index >= 15 is 0 Å². The van der Waals surface area contributed by atoms with E-state index in [-0.39, 0.29) is 5.78 Å². The van der Waals surface area contributed by atoms with E-state index in [1.165, 1.54) is 23.9 Å². The van der Waals surface area contributed by atoms with Gasteiger partial charge in [-0.1, -0.05) is 26.0 Å². The number of carbonyl (C=O) groups is 1. The summed E-state index contributed by atoms with van der Waals surface area (Å²) in [7, 11) is 0. The van der Waals surface area contributed by atoms with Gasteiger partial charge in [0.05, 0.1) is 11.3 Å². The van der Waals surface area contributed by atoms with Gasteiger partial charge in [0.2, 0.25) is 0 Å². The molecule has 0 saturated carbocycles. The molecule has 0 aromatic heterocycles. The van der Waals surface area contributed by atoms with Gasteiger partial charge in [-0.15, -0.1) is 0 Å². The minimum atomic E-state index is -4.35. The van der Waals surface area contributed by atoms with Gasteiger partial charge in [-0.2, -0.15) is 24.9 Å². The number of rotatable bonds is 4. The third kappa shape index (κ3) is 4.42. The van der Waals surface area contributed by atoms with Gasteiger partial charge < -0.3 is 0 Å². The molecule has 0 aliphatic rings. The van der Waals surface area contributed by atoms with Crippen LogP contribution >= 0.6 is 11.8 Å². The Kier molecular flexibility index (Phi) is 4.62. The quantitative estimate of drug-likeness (QED) is 0.762. The van der Waals surface area contributed by atoms with Crippen LogP contribution in [0.15, 0.2) is 24.3 Å². The molecule has 0 spiro atoms. The standard InChI is InChI=1S/C12H13F3OS/c1-8(2)17-7-11(16)9-3-5-10(6-4-9)12(13,14)15/h3-6,8H,7H2,1-2H3. The largest absolute Gasteiger partial charge is 0.416 e. The van der Waals surface area contributed by atoms with Crippen molar-refractivity contribution in [1.82, 2.24) is 0 Å². The Labute approximate surface area is 102 Å². The van der Waals surface area contributed by atoms with Crippen LogP contribution in [0.5, 0.6) is 0 Å². The zero-order chi connectivity index (χ0) is 13.1. The summed E-state index contributed by atoms with van der Waals surface area (Å²) in [6.07, 6.45) is -4.35. The Morgan fingerprint density at radius 2 is 1.76 bits per heavy atom. The molecule has 0 aliphatic heterocycles. The predicted octanol–water partition coefficient (Wildman–Crippen LogP) is 4.03. The van der Waals surface area contributed by atoms with E-state index in [1.54, 1.807) is 0 Å². The van der Waals surface area contributed by atoms with Crippen LogP contribution < -0.4 is 0 Å². The van der Waals surface area contributed by atoms with E-state index in [1.807, 2.05) is 13.8 Å². The third-order valence-electron chi connectivity index (χ3n) is 2.08. The highest BCUT2D eigenvalue weighted by molar-refractivity contribution is 8.00. The predicted molar refractivity (Wildman–Crippen MR) is 63.4 cm³/mol. The Morgan fingerprint density at radius 1 is 1.24 bits per heavy atom. The molecule has 94 valence electrons. The summed E-state index contributed by atoms with van der Waals surface area (Å²) in [5.41, 5.74) is -0.406. The second kappa shape index (κ2) is 5.58. The number of thioether (sulfide) groups is 1. The molecule has 1 aromatic carbocycles. The highest BCUT2D eigenvalue weighted by Gasteiger charge is 2.30. The van der Waals surface area contributed by atoms with Crippen molar-refractivity contribution in [2.75, 3.05) is 5.75 Å². The molecule has 17 heavy (non-hydrogen) atoms. The summed E-state index contributed by atoms with van der Waals surface area (Å²) in [4.78, 5) is 11.6. The van der Waals surface area contributed by atoms with Gasteiger partial charge in [0, 0.05) is 5.56 Å². The summed E-state index contributed by atoms with van der Waals surface area (Å²) in [5, 5.41) is 0.327. The Balaban J connectivity index is 2.71. The molecule has 0 amide bonds. The van der Waals surface area contributed by atoms with Gasteiger partial charge in [0.15, 0.2) is 5.78 Å². The fourth-order valence-electron chi connectivity index (χ4n) is 1.17. The summed E-state index contributed by atoms with van der Waals surface area (Å²) < 4.78 is 36.9. The minimum Gasteiger partial charge on any atom is -0.293 e. The number of halogens is 3. The maximum Gasteiger partial charge on any atom is 0.416 e. The molecule has 1 rings (SSSR count). The Morgan fingerprint density at radius 3 is 2.18 bits per heavy atom. The zero-order valence-corrected chi connectivity index (χ0v) is 10.4. The van der Waals surface area contributed by atoms with Crippen LogP contribution in [0, 0.1) is 0 Å². The van der Waals surface area contributed by atoms with E-state index in [2.05, 4.69) is 0 Å². The van der Waals surface area contributed by atoms with E-state index in [0.29, 0.717) is 16.6 Å². The molecule has 5 heteroatoms. The lowest BCUT2D eigenvalue weighted by atomic mass is 10.1. The monoisotopic (exact) mass is 262 g/mol. The zero-order valence-electron chi connectivity index (χ0n) is 9.54. The number of hydrogen-bond donors (Lipinski definition) is 0. The smallest absolute Gasteiger partial charge is 0.293 e. The molecule has 0 fully saturated rings. The van der Waals surface area contributed by atoms with Gasteiger partial charge in [-0.25, -0.2) is 0 Å². The van der Waals surface area contributed by atoms with Crippen molar-refractivity contribution in [2.24, 2.45) is 0 Å². The molecule has 0 saturated heterocycles. The summed E-state index contributed by atoms with van der Waals surface area (Å²) in [5.74, 6) is 0.153. The van der Waals surface area contributed by atoms with Gasteiger partial charge in [-0.3, -0.25) is 4.79 Å². The molecular weight excluding hydrogens is 249 g/mol. The Hall–Kier alpha value is -0.970. The lowest BCUT2D eigenvalue weighted by Crippen LogP contribution is -2.08. The number of hydrogen-bond acceptors (Lipinski definition) is 2. The van der Waals surface area contributed by atoms with E-state index in [4.69, 9.17) is 0 Å². The van der Waals surface area contributed by atoms with Crippen LogP contribution in [-0.2, 0) is 6.18 Å². The average molecular weight is 262 g/mol. The first kappa shape index (κ1) is 14.1. The van der Waals surface area contributed by atoms with Crippen molar-refractivity contribution < 1.29 is 18.0 Å².